The number of nitrogens with one attached hydrogen (secondary N) is 1. The van der Waals surface area contributed by atoms with Crippen molar-refractivity contribution in [2.45, 2.75) is 6.10 Å². The summed E-state index contributed by atoms with van der Waals surface area (Å²) in [6.45, 7) is 0.0994. The molecule has 7 nitrogen and oxygen atoms in total. The molecule has 0 saturated carbocycles. The van der Waals surface area contributed by atoms with E-state index in [2.05, 4.69) is 10.3 Å². The Morgan fingerprint density at radius 2 is 2.21 bits per heavy atom. The number of amides is 1. The number of aromatic nitrogens is 1. The largest absolute Gasteiger partial charge is 0.479 e. The Labute approximate surface area is 112 Å². The predicted molar refractivity (Wildman–Crippen MR) is 73.6 cm³/mol. The van der Waals surface area contributed by atoms with Crippen LogP contribution in [0.1, 0.15) is 0 Å². The maximum atomic E-state index is 12.0. The molecule has 1 atom stereocenters. The van der Waals surface area contributed by atoms with E-state index in [4.69, 9.17) is 15.2 Å². The molecule has 106 valence electrons. The van der Waals surface area contributed by atoms with Crippen LogP contribution in [0.4, 0.5) is 11.4 Å². The lowest BCUT2D eigenvalue weighted by molar-refractivity contribution is -0.125. The van der Waals surface area contributed by atoms with E-state index in [0.717, 1.165) is 5.69 Å². The first-order valence-corrected chi connectivity index (χ1v) is 5.79. The van der Waals surface area contributed by atoms with Crippen molar-refractivity contribution in [1.29, 1.82) is 0 Å². The van der Waals surface area contributed by atoms with Crippen molar-refractivity contribution >= 4 is 17.3 Å². The zero-order valence-corrected chi connectivity index (χ0v) is 11.6. The fraction of sp³-hybridized carbons (Fsp3) is 0.500. The van der Waals surface area contributed by atoms with E-state index in [-0.39, 0.29) is 12.5 Å². The molecular formula is C12H20N4O3. The summed E-state index contributed by atoms with van der Waals surface area (Å²) in [5.74, 6) is 0.00539. The third kappa shape index (κ3) is 3.55. The van der Waals surface area contributed by atoms with Crippen LogP contribution in [0.5, 0.6) is 5.88 Å². The average molecular weight is 268 g/mol. The van der Waals surface area contributed by atoms with Crippen molar-refractivity contribution in [2.24, 2.45) is 5.73 Å². The molecule has 7 heteroatoms. The summed E-state index contributed by atoms with van der Waals surface area (Å²) in [7, 11) is 6.65. The van der Waals surface area contributed by atoms with Crippen LogP contribution in [0.3, 0.4) is 0 Å². The van der Waals surface area contributed by atoms with Gasteiger partial charge in [-0.1, -0.05) is 0 Å². The van der Waals surface area contributed by atoms with Gasteiger partial charge in [-0.2, -0.15) is 0 Å². The maximum Gasteiger partial charge on any atom is 0.255 e. The Bertz CT molecular complexity index is 433. The number of pyridine rings is 1. The quantitative estimate of drug-likeness (QED) is 0.759. The minimum Gasteiger partial charge on any atom is -0.479 e. The number of hydrogen-bond acceptors (Lipinski definition) is 6. The molecule has 0 radical (unpaired) electrons. The second-order valence-corrected chi connectivity index (χ2v) is 4.06. The standard InChI is InChI=1S/C12H20N4O3/c1-16(2)8-5-6-14-12(19-4)10(8)15-11(17)9(7-13)18-3/h5-6,9H,7,13H2,1-4H3,(H,15,17). The van der Waals surface area contributed by atoms with Gasteiger partial charge in [-0.15, -0.1) is 0 Å². The van der Waals surface area contributed by atoms with Gasteiger partial charge in [-0.3, -0.25) is 4.79 Å². The lowest BCUT2D eigenvalue weighted by atomic mass is 10.2. The molecule has 1 unspecified atom stereocenters. The number of ether oxygens (including phenoxy) is 2. The highest BCUT2D eigenvalue weighted by Crippen LogP contribution is 2.32. The van der Waals surface area contributed by atoms with Crippen LogP contribution < -0.4 is 20.7 Å². The van der Waals surface area contributed by atoms with Crippen LogP contribution in [-0.2, 0) is 9.53 Å². The van der Waals surface area contributed by atoms with Crippen molar-refractivity contribution in [3.63, 3.8) is 0 Å². The van der Waals surface area contributed by atoms with Crippen LogP contribution in [-0.4, -0.2) is 51.9 Å². The first-order valence-electron chi connectivity index (χ1n) is 5.79. The summed E-state index contributed by atoms with van der Waals surface area (Å²) in [6, 6.07) is 1.78. The topological polar surface area (TPSA) is 89.7 Å². The molecule has 1 aromatic rings. The third-order valence-electron chi connectivity index (χ3n) is 2.61. The minimum absolute atomic E-state index is 0.0994. The van der Waals surface area contributed by atoms with Gasteiger partial charge in [-0.25, -0.2) is 4.98 Å². The molecule has 19 heavy (non-hydrogen) atoms. The number of carbonyl (C=O) groups is 1. The molecule has 1 amide bonds. The Morgan fingerprint density at radius 3 is 2.68 bits per heavy atom. The Morgan fingerprint density at radius 1 is 1.53 bits per heavy atom. The SMILES string of the molecule is COc1nccc(N(C)C)c1NC(=O)C(CN)OC. The summed E-state index contributed by atoms with van der Waals surface area (Å²) >= 11 is 0. The van der Waals surface area contributed by atoms with E-state index in [0.29, 0.717) is 11.6 Å². The van der Waals surface area contributed by atoms with Crippen LogP contribution >= 0.6 is 0 Å². The van der Waals surface area contributed by atoms with Gasteiger partial charge in [0.2, 0.25) is 5.88 Å². The molecule has 0 aromatic carbocycles. The van der Waals surface area contributed by atoms with Gasteiger partial charge in [0.1, 0.15) is 11.8 Å². The van der Waals surface area contributed by atoms with Gasteiger partial charge in [-0.05, 0) is 6.07 Å². The number of nitrogens with zero attached hydrogens (tertiary/aromatic N) is 2. The Kier molecular flexibility index (Phi) is 5.53. The van der Waals surface area contributed by atoms with Gasteiger partial charge < -0.3 is 25.4 Å². The molecule has 0 bridgehead atoms. The van der Waals surface area contributed by atoms with Crippen molar-refractivity contribution in [3.8, 4) is 5.88 Å². The summed E-state index contributed by atoms with van der Waals surface area (Å²) in [5, 5.41) is 2.74. The monoisotopic (exact) mass is 268 g/mol. The van der Waals surface area contributed by atoms with Gasteiger partial charge in [0.25, 0.3) is 5.91 Å². The van der Waals surface area contributed by atoms with Crippen LogP contribution in [0.2, 0.25) is 0 Å². The van der Waals surface area contributed by atoms with Crippen LogP contribution in [0.15, 0.2) is 12.3 Å². The highest BCUT2D eigenvalue weighted by Gasteiger charge is 2.20. The first kappa shape index (κ1) is 15.2. The Hall–Kier alpha value is -1.86. The second kappa shape index (κ2) is 6.91. The van der Waals surface area contributed by atoms with Crippen molar-refractivity contribution in [2.75, 3.05) is 45.1 Å². The summed E-state index contributed by atoms with van der Waals surface area (Å²) in [5.41, 5.74) is 6.74. The number of methoxy groups -OCH3 is 2. The van der Waals surface area contributed by atoms with Crippen LogP contribution in [0.25, 0.3) is 0 Å². The van der Waals surface area contributed by atoms with E-state index in [1.165, 1.54) is 14.2 Å². The van der Waals surface area contributed by atoms with E-state index >= 15 is 0 Å². The normalized spacial score (nSPS) is 11.8. The zero-order chi connectivity index (χ0) is 14.4. The molecule has 0 fully saturated rings. The average Bonchev–Trinajstić information content (AvgIpc) is 2.40. The number of anilines is 2. The smallest absolute Gasteiger partial charge is 0.255 e. The molecule has 0 spiro atoms. The fourth-order valence-corrected chi connectivity index (χ4v) is 1.59. The maximum absolute atomic E-state index is 12.0. The highest BCUT2D eigenvalue weighted by molar-refractivity contribution is 5.98. The molecule has 0 aliphatic heterocycles. The number of nitrogens with two attached hydrogens (primary N) is 1. The summed E-state index contributed by atoms with van der Waals surface area (Å²) < 4.78 is 10.2. The lowest BCUT2D eigenvalue weighted by Crippen LogP contribution is -2.36. The second-order valence-electron chi connectivity index (χ2n) is 4.06. The van der Waals surface area contributed by atoms with Gasteiger partial charge >= 0.3 is 0 Å². The van der Waals surface area contributed by atoms with Gasteiger partial charge in [0, 0.05) is 33.9 Å². The van der Waals surface area contributed by atoms with E-state index < -0.39 is 6.10 Å². The van der Waals surface area contributed by atoms with Crippen molar-refractivity contribution < 1.29 is 14.3 Å². The minimum atomic E-state index is -0.708. The summed E-state index contributed by atoms with van der Waals surface area (Å²) in [6.07, 6.45) is 0.903. The molecule has 1 heterocycles. The predicted octanol–water partition coefficient (Wildman–Crippen LogP) is 0.0684. The van der Waals surface area contributed by atoms with Gasteiger partial charge in [0.15, 0.2) is 0 Å². The van der Waals surface area contributed by atoms with Crippen LogP contribution in [0, 0.1) is 0 Å². The molecule has 1 aromatic heterocycles. The van der Waals surface area contributed by atoms with Crippen molar-refractivity contribution in [3.05, 3.63) is 12.3 Å². The molecule has 0 saturated heterocycles. The van der Waals surface area contributed by atoms with Crippen molar-refractivity contribution in [1.82, 2.24) is 4.98 Å². The summed E-state index contributed by atoms with van der Waals surface area (Å²) in [4.78, 5) is 17.9. The molecule has 0 aliphatic carbocycles. The molecule has 1 rings (SSSR count). The first-order chi connectivity index (χ1) is 9.04. The third-order valence-corrected chi connectivity index (χ3v) is 2.61. The Balaban J connectivity index is 3.07. The van der Waals surface area contributed by atoms with E-state index in [1.807, 2.05) is 19.0 Å². The zero-order valence-electron chi connectivity index (χ0n) is 11.6. The number of rotatable bonds is 6. The van der Waals surface area contributed by atoms with Gasteiger partial charge in [0.05, 0.1) is 12.8 Å². The lowest BCUT2D eigenvalue weighted by Gasteiger charge is -2.21. The van der Waals surface area contributed by atoms with E-state index in [9.17, 15) is 4.79 Å². The molecular weight excluding hydrogens is 248 g/mol. The van der Waals surface area contributed by atoms with E-state index in [1.54, 1.807) is 12.3 Å². The molecule has 0 aliphatic rings. The highest BCUT2D eigenvalue weighted by atomic mass is 16.5. The molecule has 3 N–H and O–H groups in total. The number of hydrogen-bond donors (Lipinski definition) is 2. The number of carbonyl (C=O) groups excluding carboxylic acids is 1. The fourth-order valence-electron chi connectivity index (χ4n) is 1.59.